The highest BCUT2D eigenvalue weighted by Crippen LogP contribution is 2.80. The first-order chi connectivity index (χ1) is 27.8. The van der Waals surface area contributed by atoms with Gasteiger partial charge in [0.25, 0.3) is 0 Å². The van der Waals surface area contributed by atoms with Crippen LogP contribution in [0.25, 0.3) is 0 Å². The van der Waals surface area contributed by atoms with Crippen LogP contribution in [0, 0.1) is 55.7 Å². The molecule has 1 N–H and O–H groups in total. The van der Waals surface area contributed by atoms with Crippen molar-refractivity contribution in [2.24, 2.45) is 55.7 Å². The minimum Gasteiger partial charge on any atom is -0.481 e. The second-order valence-electron chi connectivity index (χ2n) is 22.8. The van der Waals surface area contributed by atoms with E-state index in [2.05, 4.69) is 104 Å². The normalized spacial score (nSPS) is 35.4. The highest BCUT2D eigenvalue weighted by atomic mass is 16.5. The summed E-state index contributed by atoms with van der Waals surface area (Å²) in [6, 6.07) is 10.5. The third kappa shape index (κ3) is 7.62. The lowest BCUT2D eigenvalue weighted by Gasteiger charge is -2.75. The molecule has 1 aromatic carbocycles. The Hall–Kier alpha value is -3.04. The zero-order chi connectivity index (χ0) is 44.4. The summed E-state index contributed by atoms with van der Waals surface area (Å²) in [7, 11) is 4.18. The van der Waals surface area contributed by atoms with E-state index in [1.54, 1.807) is 13.8 Å². The summed E-state index contributed by atoms with van der Waals surface area (Å²) in [6.45, 7) is 26.7. The molecule has 6 rings (SSSR count). The van der Waals surface area contributed by atoms with Crippen LogP contribution < -0.4 is 0 Å². The lowest BCUT2D eigenvalue weighted by Crippen LogP contribution is -2.69. The molecule has 0 saturated heterocycles. The Bertz CT molecular complexity index is 1850. The predicted octanol–water partition coefficient (Wildman–Crippen LogP) is 9.77. The number of hydrogen-bond donors (Lipinski definition) is 1. The number of ketones is 1. The number of allylic oxidation sites excluding steroid dienone is 1. The first-order valence-electron chi connectivity index (χ1n) is 23.1. The van der Waals surface area contributed by atoms with Gasteiger partial charge in [-0.1, -0.05) is 85.7 Å². The van der Waals surface area contributed by atoms with E-state index in [-0.39, 0.29) is 57.3 Å². The molecule has 0 heterocycles. The van der Waals surface area contributed by atoms with E-state index in [4.69, 9.17) is 9.47 Å². The Labute approximate surface area is 361 Å². The maximum absolute atomic E-state index is 14.7. The van der Waals surface area contributed by atoms with Gasteiger partial charge in [-0.05, 0) is 135 Å². The number of carboxylic acid groups (broad SMARTS) is 1. The molecule has 9 nitrogen and oxygen atoms in total. The Balaban J connectivity index is 1.36. The maximum Gasteiger partial charge on any atom is 0.309 e. The topological polar surface area (TPSA) is 113 Å². The second-order valence-corrected chi connectivity index (χ2v) is 22.8. The van der Waals surface area contributed by atoms with Gasteiger partial charge in [0.1, 0.15) is 12.2 Å². The van der Waals surface area contributed by atoms with Gasteiger partial charge in [-0.2, -0.15) is 0 Å². The van der Waals surface area contributed by atoms with Crippen molar-refractivity contribution in [3.63, 3.8) is 0 Å². The predicted molar refractivity (Wildman–Crippen MR) is 236 cm³/mol. The van der Waals surface area contributed by atoms with Crippen molar-refractivity contribution in [1.82, 2.24) is 9.80 Å². The summed E-state index contributed by atoms with van der Waals surface area (Å²) in [4.78, 5) is 57.7. The first kappa shape index (κ1) is 46.5. The van der Waals surface area contributed by atoms with E-state index in [1.165, 1.54) is 18.1 Å². The number of likely N-dealkylation sites (N-methyl/N-ethyl adjacent to an activating group) is 1. The van der Waals surface area contributed by atoms with Crippen LogP contribution in [0.1, 0.15) is 146 Å². The lowest BCUT2D eigenvalue weighted by molar-refractivity contribution is -0.252. The molecule has 60 heavy (non-hydrogen) atoms. The minimum absolute atomic E-state index is 0.0179. The molecule has 9 atom stereocenters. The van der Waals surface area contributed by atoms with Crippen molar-refractivity contribution in [2.45, 2.75) is 159 Å². The number of carbonyl (C=O) groups excluding carboxylic acids is 3. The van der Waals surface area contributed by atoms with Crippen molar-refractivity contribution < 1.29 is 33.8 Å². The SMILES string of the molecule is CC(=O)O[C@@H](CN(CCN(C)C)Cc1ccccc1)[C@@]12CC[C@]3(C)[C@](C)(CC[C@@H]4[C@@]5(C)CC[C@H](OC(=O)CC(C)(C)C(=O)O)C(C)(C)[C@@H]5CC[C@]43C)C1=C(C(C)C)C(=O)C2. The molecular weight excluding hydrogens is 753 g/mol. The molecule has 334 valence electrons. The molecular formula is C51H78N2O7. The van der Waals surface area contributed by atoms with Crippen LogP contribution in [0.5, 0.6) is 0 Å². The Morgan fingerprint density at radius 2 is 1.53 bits per heavy atom. The highest BCUT2D eigenvalue weighted by Gasteiger charge is 2.74. The molecule has 0 aromatic heterocycles. The Morgan fingerprint density at radius 3 is 2.13 bits per heavy atom. The number of aliphatic carboxylic acids is 1. The van der Waals surface area contributed by atoms with E-state index in [1.807, 2.05) is 6.07 Å². The van der Waals surface area contributed by atoms with Crippen molar-refractivity contribution >= 4 is 23.7 Å². The number of Topliss-reactive ketones (excluding diaryl/α,β-unsaturated/α-hetero) is 1. The quantitative estimate of drug-likeness (QED) is 0.183. The van der Waals surface area contributed by atoms with Gasteiger partial charge in [0.05, 0.1) is 11.8 Å². The molecule has 0 unspecified atom stereocenters. The molecule has 0 spiro atoms. The van der Waals surface area contributed by atoms with Gasteiger partial charge in [-0.15, -0.1) is 0 Å². The first-order valence-corrected chi connectivity index (χ1v) is 23.1. The standard InChI is InChI=1S/C51H78N2O7/c1-33(2)42-36(55)29-51(40(59-34(3)54)32-53(28-27-52(12)13)31-35-17-15-14-16-18-35)26-25-50(11)48(9)23-19-37-46(6,7)39(60-41(56)30-45(4,5)44(57)58)21-22-47(37,8)38(48)20-24-49(50,10)43(42)51/h14-18,33,37-40H,19-32H2,1-13H3,(H,57,58)/t37-,38+,39-,40-,47-,48+,49+,50-,51-/m0/s1. The van der Waals surface area contributed by atoms with E-state index >= 15 is 0 Å². The van der Waals surface area contributed by atoms with Gasteiger partial charge < -0.3 is 19.5 Å². The maximum atomic E-state index is 14.7. The van der Waals surface area contributed by atoms with Gasteiger partial charge in [-0.25, -0.2) is 0 Å². The average Bonchev–Trinajstić information content (AvgIpc) is 3.46. The highest BCUT2D eigenvalue weighted by molar-refractivity contribution is 6.01. The van der Waals surface area contributed by atoms with Crippen LogP contribution in [0.2, 0.25) is 0 Å². The third-order valence-electron chi connectivity index (χ3n) is 18.0. The van der Waals surface area contributed by atoms with Gasteiger partial charge in [0.15, 0.2) is 5.78 Å². The van der Waals surface area contributed by atoms with E-state index in [0.717, 1.165) is 76.6 Å². The van der Waals surface area contributed by atoms with Crippen molar-refractivity contribution in [1.29, 1.82) is 0 Å². The molecule has 0 amide bonds. The fourth-order valence-electron chi connectivity index (χ4n) is 14.6. The molecule has 1 aromatic rings. The molecule has 0 radical (unpaired) electrons. The summed E-state index contributed by atoms with van der Waals surface area (Å²) in [5, 5.41) is 9.69. The summed E-state index contributed by atoms with van der Waals surface area (Å²) < 4.78 is 12.8. The van der Waals surface area contributed by atoms with Gasteiger partial charge in [0.2, 0.25) is 0 Å². The van der Waals surface area contributed by atoms with Crippen molar-refractivity contribution in [2.75, 3.05) is 33.7 Å². The molecule has 4 fully saturated rings. The number of nitrogens with zero attached hydrogens (tertiary/aromatic N) is 2. The van der Waals surface area contributed by atoms with Crippen LogP contribution in [-0.2, 0) is 35.2 Å². The largest absolute Gasteiger partial charge is 0.481 e. The smallest absolute Gasteiger partial charge is 0.309 e. The number of fused-ring (bicyclic) bond motifs is 7. The number of carbonyl (C=O) groups is 4. The number of esters is 2. The third-order valence-corrected chi connectivity index (χ3v) is 18.0. The molecule has 4 saturated carbocycles. The summed E-state index contributed by atoms with van der Waals surface area (Å²) in [5.41, 5.74) is 1.06. The van der Waals surface area contributed by atoms with Crippen LogP contribution in [0.4, 0.5) is 0 Å². The zero-order valence-corrected chi connectivity index (χ0v) is 39.5. The molecule has 0 bridgehead atoms. The van der Waals surface area contributed by atoms with Crippen LogP contribution in [0.15, 0.2) is 41.5 Å². The Kier molecular flexibility index (Phi) is 12.6. The second kappa shape index (κ2) is 16.3. The zero-order valence-electron chi connectivity index (χ0n) is 39.5. The number of hydrogen-bond acceptors (Lipinski definition) is 8. The number of carboxylic acids is 1. The van der Waals surface area contributed by atoms with Gasteiger partial charge in [-0.3, -0.25) is 24.1 Å². The molecule has 5 aliphatic rings. The van der Waals surface area contributed by atoms with E-state index < -0.39 is 28.9 Å². The summed E-state index contributed by atoms with van der Waals surface area (Å²) in [6.07, 6.45) is 7.08. The van der Waals surface area contributed by atoms with E-state index in [0.29, 0.717) is 24.8 Å². The summed E-state index contributed by atoms with van der Waals surface area (Å²) in [5.74, 6) is -0.653. The molecule has 5 aliphatic carbocycles. The fourth-order valence-corrected chi connectivity index (χ4v) is 14.6. The Morgan fingerprint density at radius 1 is 0.883 bits per heavy atom. The molecule has 9 heteroatoms. The van der Waals surface area contributed by atoms with Gasteiger partial charge >= 0.3 is 17.9 Å². The lowest BCUT2D eigenvalue weighted by atomic mass is 9.29. The van der Waals surface area contributed by atoms with Crippen molar-refractivity contribution in [3.8, 4) is 0 Å². The monoisotopic (exact) mass is 831 g/mol. The minimum atomic E-state index is -1.18. The fraction of sp³-hybridized carbons (Fsp3) is 0.765. The number of benzene rings is 1. The van der Waals surface area contributed by atoms with Crippen LogP contribution >= 0.6 is 0 Å². The van der Waals surface area contributed by atoms with E-state index in [9.17, 15) is 24.3 Å². The van der Waals surface area contributed by atoms with Gasteiger partial charge in [0, 0.05) is 50.4 Å². The molecule has 0 aliphatic heterocycles. The van der Waals surface area contributed by atoms with Crippen LogP contribution in [-0.4, -0.2) is 84.5 Å². The van der Waals surface area contributed by atoms with Crippen LogP contribution in [0.3, 0.4) is 0 Å². The average molecular weight is 831 g/mol. The summed E-state index contributed by atoms with van der Waals surface area (Å²) >= 11 is 0. The number of rotatable bonds is 14. The number of ether oxygens (including phenoxy) is 2. The van der Waals surface area contributed by atoms with Crippen molar-refractivity contribution in [3.05, 3.63) is 47.0 Å².